The molecule has 1 aromatic rings. The van der Waals surface area contributed by atoms with E-state index in [1.165, 1.54) is 7.11 Å². The molecular formula is C11H13IN2O2. The molecule has 1 saturated heterocycles. The van der Waals surface area contributed by atoms with Gasteiger partial charge in [0.25, 0.3) is 5.91 Å². The zero-order valence-corrected chi connectivity index (χ0v) is 11.4. The van der Waals surface area contributed by atoms with Gasteiger partial charge < -0.3 is 9.64 Å². The number of ether oxygens (including phenoxy) is 1. The normalized spacial score (nSPS) is 15.8. The average molecular weight is 332 g/mol. The van der Waals surface area contributed by atoms with Gasteiger partial charge in [-0.3, -0.25) is 4.79 Å². The number of carbonyl (C=O) groups excluding carboxylic acids is 1. The maximum absolute atomic E-state index is 12.2. The Bertz CT molecular complexity index is 416. The Hall–Kier alpha value is -0.850. The summed E-state index contributed by atoms with van der Waals surface area (Å²) in [5, 5.41) is 0. The van der Waals surface area contributed by atoms with Crippen molar-refractivity contribution < 1.29 is 9.53 Å². The van der Waals surface area contributed by atoms with E-state index in [0.29, 0.717) is 17.4 Å². The smallest absolute Gasteiger partial charge is 0.260 e. The van der Waals surface area contributed by atoms with E-state index < -0.39 is 0 Å². The number of aromatic nitrogens is 1. The van der Waals surface area contributed by atoms with Gasteiger partial charge in [-0.25, -0.2) is 4.98 Å². The van der Waals surface area contributed by atoms with Crippen molar-refractivity contribution in [3.63, 3.8) is 0 Å². The van der Waals surface area contributed by atoms with Crippen LogP contribution in [0.3, 0.4) is 0 Å². The fraction of sp³-hybridized carbons (Fsp3) is 0.455. The highest BCUT2D eigenvalue weighted by molar-refractivity contribution is 14.1. The van der Waals surface area contributed by atoms with Gasteiger partial charge in [-0.05, 0) is 34.6 Å². The molecule has 1 fully saturated rings. The molecule has 2 heterocycles. The van der Waals surface area contributed by atoms with Crippen LogP contribution in [0.15, 0.2) is 12.3 Å². The number of carbonyl (C=O) groups is 1. The highest BCUT2D eigenvalue weighted by atomic mass is 127. The van der Waals surface area contributed by atoms with Crippen LogP contribution in [-0.4, -0.2) is 36.0 Å². The van der Waals surface area contributed by atoms with Crippen molar-refractivity contribution in [2.75, 3.05) is 20.2 Å². The second-order valence-corrected chi connectivity index (χ2v) is 5.15. The molecule has 0 radical (unpaired) electrons. The van der Waals surface area contributed by atoms with Crippen LogP contribution < -0.4 is 4.74 Å². The summed E-state index contributed by atoms with van der Waals surface area (Å²) in [6, 6.07) is 1.82. The summed E-state index contributed by atoms with van der Waals surface area (Å²) >= 11 is 2.14. The van der Waals surface area contributed by atoms with Gasteiger partial charge in [0.05, 0.1) is 7.11 Å². The second kappa shape index (κ2) is 4.57. The maximum atomic E-state index is 12.2. The van der Waals surface area contributed by atoms with Crippen LogP contribution >= 0.6 is 22.6 Å². The van der Waals surface area contributed by atoms with E-state index in [9.17, 15) is 4.79 Å². The number of halogens is 1. The standard InChI is InChI=1S/C11H13IN2O2/c1-7-5-14(6-7)11(15)9-8(12)3-4-13-10(9)16-2/h3-4,7H,5-6H2,1-2H3. The molecule has 86 valence electrons. The topological polar surface area (TPSA) is 42.4 Å². The first-order chi connectivity index (χ1) is 7.63. The van der Waals surface area contributed by atoms with Gasteiger partial charge in [-0.1, -0.05) is 6.92 Å². The van der Waals surface area contributed by atoms with E-state index in [1.54, 1.807) is 6.20 Å². The molecule has 16 heavy (non-hydrogen) atoms. The summed E-state index contributed by atoms with van der Waals surface area (Å²) < 4.78 is 6.01. The van der Waals surface area contributed by atoms with E-state index in [-0.39, 0.29) is 5.91 Å². The Morgan fingerprint density at radius 3 is 2.88 bits per heavy atom. The van der Waals surface area contributed by atoms with Gasteiger partial charge in [0, 0.05) is 22.9 Å². The Morgan fingerprint density at radius 2 is 2.31 bits per heavy atom. The number of likely N-dealkylation sites (tertiary alicyclic amines) is 1. The third kappa shape index (κ3) is 2.00. The number of pyridine rings is 1. The summed E-state index contributed by atoms with van der Waals surface area (Å²) in [6.07, 6.45) is 1.65. The molecule has 0 aromatic carbocycles. The van der Waals surface area contributed by atoms with E-state index in [0.717, 1.165) is 16.7 Å². The lowest BCUT2D eigenvalue weighted by atomic mass is 10.0. The largest absolute Gasteiger partial charge is 0.480 e. The Morgan fingerprint density at radius 1 is 1.62 bits per heavy atom. The number of hydrogen-bond acceptors (Lipinski definition) is 3. The molecule has 5 heteroatoms. The molecule has 0 atom stereocenters. The van der Waals surface area contributed by atoms with Crippen LogP contribution in [0.4, 0.5) is 0 Å². The lowest BCUT2D eigenvalue weighted by Crippen LogP contribution is -2.48. The van der Waals surface area contributed by atoms with Crippen molar-refractivity contribution in [3.8, 4) is 5.88 Å². The molecule has 1 aromatic heterocycles. The maximum Gasteiger partial charge on any atom is 0.260 e. The van der Waals surface area contributed by atoms with Crippen molar-refractivity contribution in [3.05, 3.63) is 21.4 Å². The lowest BCUT2D eigenvalue weighted by Gasteiger charge is -2.37. The second-order valence-electron chi connectivity index (χ2n) is 3.99. The number of nitrogens with zero attached hydrogens (tertiary/aromatic N) is 2. The van der Waals surface area contributed by atoms with Crippen LogP contribution in [-0.2, 0) is 0 Å². The van der Waals surface area contributed by atoms with Crippen LogP contribution in [0.5, 0.6) is 5.88 Å². The predicted octanol–water partition coefficient (Wildman–Crippen LogP) is 1.79. The van der Waals surface area contributed by atoms with Crippen LogP contribution in [0.25, 0.3) is 0 Å². The van der Waals surface area contributed by atoms with Gasteiger partial charge in [0.1, 0.15) is 5.56 Å². The zero-order valence-electron chi connectivity index (χ0n) is 9.24. The number of rotatable bonds is 2. The van der Waals surface area contributed by atoms with Crippen LogP contribution in [0.2, 0.25) is 0 Å². The van der Waals surface area contributed by atoms with Crippen molar-refractivity contribution >= 4 is 28.5 Å². The monoisotopic (exact) mass is 332 g/mol. The first kappa shape index (κ1) is 11.6. The minimum Gasteiger partial charge on any atom is -0.480 e. The quantitative estimate of drug-likeness (QED) is 0.776. The average Bonchev–Trinajstić information content (AvgIpc) is 2.23. The SMILES string of the molecule is COc1nccc(I)c1C(=O)N1CC(C)C1. The summed E-state index contributed by atoms with van der Waals surface area (Å²) in [6.45, 7) is 3.79. The summed E-state index contributed by atoms with van der Waals surface area (Å²) in [5.41, 5.74) is 0.581. The molecule has 4 nitrogen and oxygen atoms in total. The summed E-state index contributed by atoms with van der Waals surface area (Å²) in [4.78, 5) is 18.1. The predicted molar refractivity (Wildman–Crippen MR) is 68.6 cm³/mol. The summed E-state index contributed by atoms with van der Waals surface area (Å²) in [5.74, 6) is 1.04. The lowest BCUT2D eigenvalue weighted by molar-refractivity contribution is 0.0525. The Labute approximate surface area is 108 Å². The van der Waals surface area contributed by atoms with E-state index in [1.807, 2.05) is 11.0 Å². The molecule has 1 aliphatic rings. The molecule has 0 bridgehead atoms. The highest BCUT2D eigenvalue weighted by Crippen LogP contribution is 2.26. The molecule has 0 saturated carbocycles. The third-order valence-electron chi connectivity index (χ3n) is 2.62. The number of hydrogen-bond donors (Lipinski definition) is 0. The van der Waals surface area contributed by atoms with Crippen molar-refractivity contribution in [2.45, 2.75) is 6.92 Å². The van der Waals surface area contributed by atoms with Crippen LogP contribution in [0, 0.1) is 9.49 Å². The molecule has 0 N–H and O–H groups in total. The number of amides is 1. The molecule has 0 aliphatic carbocycles. The fourth-order valence-corrected chi connectivity index (χ4v) is 2.41. The van der Waals surface area contributed by atoms with Crippen molar-refractivity contribution in [2.24, 2.45) is 5.92 Å². The number of methoxy groups -OCH3 is 1. The minimum atomic E-state index is 0.0208. The summed E-state index contributed by atoms with van der Waals surface area (Å²) in [7, 11) is 1.54. The molecule has 2 rings (SSSR count). The zero-order chi connectivity index (χ0) is 11.7. The van der Waals surface area contributed by atoms with Crippen molar-refractivity contribution in [1.29, 1.82) is 0 Å². The Kier molecular flexibility index (Phi) is 3.32. The third-order valence-corrected chi connectivity index (χ3v) is 3.52. The van der Waals surface area contributed by atoms with Gasteiger partial charge in [0.15, 0.2) is 0 Å². The fourth-order valence-electron chi connectivity index (χ4n) is 1.79. The van der Waals surface area contributed by atoms with Gasteiger partial charge in [0.2, 0.25) is 5.88 Å². The first-order valence-electron chi connectivity index (χ1n) is 5.11. The molecule has 1 amide bonds. The molecule has 1 aliphatic heterocycles. The molecule has 0 spiro atoms. The van der Waals surface area contributed by atoms with Crippen molar-refractivity contribution in [1.82, 2.24) is 9.88 Å². The molecule has 0 unspecified atom stereocenters. The van der Waals surface area contributed by atoms with E-state index >= 15 is 0 Å². The first-order valence-corrected chi connectivity index (χ1v) is 6.19. The van der Waals surface area contributed by atoms with Crippen LogP contribution in [0.1, 0.15) is 17.3 Å². The van der Waals surface area contributed by atoms with E-state index in [2.05, 4.69) is 34.5 Å². The Balaban J connectivity index is 2.28. The van der Waals surface area contributed by atoms with Gasteiger partial charge in [-0.2, -0.15) is 0 Å². The molecular weight excluding hydrogens is 319 g/mol. The minimum absolute atomic E-state index is 0.0208. The van der Waals surface area contributed by atoms with E-state index in [4.69, 9.17) is 4.74 Å². The highest BCUT2D eigenvalue weighted by Gasteiger charge is 2.31. The van der Waals surface area contributed by atoms with Gasteiger partial charge in [-0.15, -0.1) is 0 Å². The van der Waals surface area contributed by atoms with Gasteiger partial charge >= 0.3 is 0 Å².